The minimum atomic E-state index is -1.64. The zero-order valence-electron chi connectivity index (χ0n) is 13.0. The fourth-order valence-corrected chi connectivity index (χ4v) is 2.38. The maximum atomic E-state index is 12.0. The average Bonchev–Trinajstić information content (AvgIpc) is 2.56. The van der Waals surface area contributed by atoms with Gasteiger partial charge in [0.05, 0.1) is 6.61 Å². The lowest BCUT2D eigenvalue weighted by Gasteiger charge is -2.38. The SMILES string of the molecule is Cn1c(O)c(C=N[C@H]2C(O)O[C@H](CO)[C@H](O)[C@@H]2O)c(=O)n(C)c1=O. The van der Waals surface area contributed by atoms with Crippen molar-refractivity contribution >= 4 is 6.21 Å². The lowest BCUT2D eigenvalue weighted by molar-refractivity contribution is -0.248. The van der Waals surface area contributed by atoms with E-state index in [2.05, 4.69) is 4.99 Å². The smallest absolute Gasteiger partial charge is 0.333 e. The second-order valence-corrected chi connectivity index (χ2v) is 5.44. The van der Waals surface area contributed by atoms with Crippen molar-refractivity contribution in [3.63, 3.8) is 0 Å². The van der Waals surface area contributed by atoms with Gasteiger partial charge in [-0.05, 0) is 0 Å². The van der Waals surface area contributed by atoms with Crippen molar-refractivity contribution in [1.82, 2.24) is 9.13 Å². The monoisotopic (exact) mass is 345 g/mol. The summed E-state index contributed by atoms with van der Waals surface area (Å²) in [5, 5.41) is 48.4. The van der Waals surface area contributed by atoms with Crippen LogP contribution in [0.4, 0.5) is 0 Å². The molecule has 1 fully saturated rings. The van der Waals surface area contributed by atoms with Crippen LogP contribution in [0.15, 0.2) is 14.6 Å². The third-order valence-electron chi connectivity index (χ3n) is 3.91. The van der Waals surface area contributed by atoms with Gasteiger partial charge in [-0.15, -0.1) is 0 Å². The Bertz CT molecular complexity index is 755. The second-order valence-electron chi connectivity index (χ2n) is 5.44. The predicted octanol–water partition coefficient (Wildman–Crippen LogP) is -3.99. The summed E-state index contributed by atoms with van der Waals surface area (Å²) in [6.07, 6.45) is -5.02. The molecule has 1 aromatic heterocycles. The lowest BCUT2D eigenvalue weighted by Crippen LogP contribution is -2.57. The van der Waals surface area contributed by atoms with Crippen LogP contribution in [0, 0.1) is 0 Å². The van der Waals surface area contributed by atoms with E-state index in [9.17, 15) is 30.0 Å². The highest BCUT2D eigenvalue weighted by molar-refractivity contribution is 5.82. The molecule has 2 heterocycles. The number of hydrogen-bond acceptors (Lipinski definition) is 9. The summed E-state index contributed by atoms with van der Waals surface area (Å²) in [6.45, 7) is -0.617. The Morgan fingerprint density at radius 3 is 2.38 bits per heavy atom. The van der Waals surface area contributed by atoms with Gasteiger partial charge in [0.15, 0.2) is 6.29 Å². The van der Waals surface area contributed by atoms with Crippen LogP contribution in [-0.4, -0.2) is 78.1 Å². The maximum Gasteiger partial charge on any atom is 0.333 e. The molecular formula is C13H19N3O8. The highest BCUT2D eigenvalue weighted by Crippen LogP contribution is 2.22. The topological polar surface area (TPSA) is 167 Å². The molecule has 0 aliphatic carbocycles. The number of aromatic nitrogens is 2. The standard InChI is InChI=1S/C13H19N3O8/c1-15-10(20)5(11(21)16(2)13(15)23)3-14-7-9(19)8(18)6(4-17)24-12(7)22/h3,6-9,12,17-20,22H,4H2,1-2H3/t6-,7-,8+,9-,12?/m1/s1. The van der Waals surface area contributed by atoms with Gasteiger partial charge in [0.1, 0.15) is 29.9 Å². The van der Waals surface area contributed by atoms with Crippen LogP contribution in [0.5, 0.6) is 5.88 Å². The van der Waals surface area contributed by atoms with Gasteiger partial charge >= 0.3 is 5.69 Å². The minimum absolute atomic E-state index is 0.335. The summed E-state index contributed by atoms with van der Waals surface area (Å²) >= 11 is 0. The van der Waals surface area contributed by atoms with Crippen LogP contribution in [0.2, 0.25) is 0 Å². The summed E-state index contributed by atoms with van der Waals surface area (Å²) in [7, 11) is 2.46. The summed E-state index contributed by atoms with van der Waals surface area (Å²) in [5.74, 6) is -0.638. The van der Waals surface area contributed by atoms with Crippen LogP contribution in [0.3, 0.4) is 0 Å². The third-order valence-corrected chi connectivity index (χ3v) is 3.91. The number of ether oxygens (including phenoxy) is 1. The van der Waals surface area contributed by atoms with Crippen molar-refractivity contribution in [3.05, 3.63) is 26.4 Å². The van der Waals surface area contributed by atoms with E-state index in [-0.39, 0.29) is 5.56 Å². The molecule has 1 aliphatic rings. The van der Waals surface area contributed by atoms with E-state index >= 15 is 0 Å². The molecule has 0 aromatic carbocycles. The summed E-state index contributed by atoms with van der Waals surface area (Å²) in [6, 6.07) is -1.36. The van der Waals surface area contributed by atoms with E-state index in [1.807, 2.05) is 0 Å². The molecular weight excluding hydrogens is 326 g/mol. The second kappa shape index (κ2) is 6.83. The van der Waals surface area contributed by atoms with Gasteiger partial charge in [0, 0.05) is 20.3 Å². The number of aliphatic hydroxyl groups is 4. The molecule has 1 aliphatic heterocycles. The van der Waals surface area contributed by atoms with Gasteiger partial charge < -0.3 is 30.3 Å². The Kier molecular flexibility index (Phi) is 5.20. The zero-order valence-corrected chi connectivity index (χ0v) is 13.0. The highest BCUT2D eigenvalue weighted by atomic mass is 16.6. The Morgan fingerprint density at radius 1 is 1.17 bits per heavy atom. The summed E-state index contributed by atoms with van der Waals surface area (Å²) in [4.78, 5) is 27.5. The van der Waals surface area contributed by atoms with Gasteiger partial charge in [0.25, 0.3) is 5.56 Å². The number of aromatic hydroxyl groups is 1. The van der Waals surface area contributed by atoms with Gasteiger partial charge in [0.2, 0.25) is 5.88 Å². The van der Waals surface area contributed by atoms with Gasteiger partial charge in [-0.1, -0.05) is 0 Å². The largest absolute Gasteiger partial charge is 0.494 e. The van der Waals surface area contributed by atoms with Gasteiger partial charge in [-0.2, -0.15) is 0 Å². The van der Waals surface area contributed by atoms with Crippen LogP contribution >= 0.6 is 0 Å². The third kappa shape index (κ3) is 2.99. The van der Waals surface area contributed by atoms with Crippen LogP contribution in [-0.2, 0) is 18.8 Å². The first-order chi connectivity index (χ1) is 11.2. The molecule has 0 radical (unpaired) electrons. The molecule has 0 saturated carbocycles. The van der Waals surface area contributed by atoms with Gasteiger partial charge in [-0.3, -0.25) is 18.9 Å². The van der Waals surface area contributed by atoms with Gasteiger partial charge in [-0.25, -0.2) is 4.79 Å². The number of rotatable bonds is 3. The molecule has 1 saturated heterocycles. The molecule has 11 nitrogen and oxygen atoms in total. The maximum absolute atomic E-state index is 12.0. The van der Waals surface area contributed by atoms with Crippen LogP contribution in [0.25, 0.3) is 0 Å². The first kappa shape index (κ1) is 18.3. The highest BCUT2D eigenvalue weighted by Gasteiger charge is 2.43. The quantitative estimate of drug-likeness (QED) is 0.346. The summed E-state index contributed by atoms with van der Waals surface area (Å²) in [5.41, 5.74) is -1.90. The number of aliphatic hydroxyl groups excluding tert-OH is 4. The van der Waals surface area contributed by atoms with E-state index in [4.69, 9.17) is 9.84 Å². The van der Waals surface area contributed by atoms with Crippen molar-refractivity contribution in [2.45, 2.75) is 30.6 Å². The first-order valence-electron chi connectivity index (χ1n) is 7.03. The Labute approximate surface area is 135 Å². The van der Waals surface area contributed by atoms with Crippen LogP contribution < -0.4 is 11.2 Å². The van der Waals surface area contributed by atoms with Crippen molar-refractivity contribution in [1.29, 1.82) is 0 Å². The van der Waals surface area contributed by atoms with Crippen molar-refractivity contribution in [3.8, 4) is 5.88 Å². The number of nitrogens with zero attached hydrogens (tertiary/aromatic N) is 3. The molecule has 0 bridgehead atoms. The van der Waals surface area contributed by atoms with Crippen LogP contribution in [0.1, 0.15) is 5.56 Å². The Balaban J connectivity index is 2.38. The van der Waals surface area contributed by atoms with E-state index in [1.54, 1.807) is 0 Å². The first-order valence-corrected chi connectivity index (χ1v) is 7.03. The van der Waals surface area contributed by atoms with Crippen molar-refractivity contribution < 1.29 is 30.3 Å². The lowest BCUT2D eigenvalue weighted by atomic mass is 9.97. The molecule has 1 unspecified atom stereocenters. The zero-order chi connectivity index (χ0) is 18.2. The van der Waals surface area contributed by atoms with E-state index in [0.717, 1.165) is 15.3 Å². The molecule has 1 aromatic rings. The molecule has 134 valence electrons. The fourth-order valence-electron chi connectivity index (χ4n) is 2.38. The normalized spacial score (nSPS) is 30.8. The minimum Gasteiger partial charge on any atom is -0.494 e. The molecule has 2 rings (SSSR count). The number of hydrogen-bond donors (Lipinski definition) is 5. The summed E-state index contributed by atoms with van der Waals surface area (Å²) < 4.78 is 6.50. The molecule has 0 spiro atoms. The number of aliphatic imine (C=N–C) groups is 1. The molecule has 5 N–H and O–H groups in total. The molecule has 11 heteroatoms. The van der Waals surface area contributed by atoms with Crippen molar-refractivity contribution in [2.75, 3.05) is 6.61 Å². The Morgan fingerprint density at radius 2 is 1.79 bits per heavy atom. The molecule has 5 atom stereocenters. The Hall–Kier alpha value is -2.05. The fraction of sp³-hybridized carbons (Fsp3) is 0.615. The average molecular weight is 345 g/mol. The van der Waals surface area contributed by atoms with Crippen molar-refractivity contribution in [2.24, 2.45) is 19.1 Å². The van der Waals surface area contributed by atoms with E-state index in [1.165, 1.54) is 14.1 Å². The van der Waals surface area contributed by atoms with E-state index in [0.29, 0.717) is 0 Å². The van der Waals surface area contributed by atoms with E-state index < -0.39 is 54.4 Å². The molecule has 0 amide bonds. The molecule has 24 heavy (non-hydrogen) atoms. The predicted molar refractivity (Wildman–Crippen MR) is 80.0 cm³/mol.